The van der Waals surface area contributed by atoms with E-state index < -0.39 is 0 Å². The van der Waals surface area contributed by atoms with E-state index >= 15 is 0 Å². The molecule has 0 aliphatic carbocycles. The lowest BCUT2D eigenvalue weighted by molar-refractivity contribution is 0.0953. The molecule has 0 fully saturated rings. The number of aromatic nitrogens is 3. The summed E-state index contributed by atoms with van der Waals surface area (Å²) < 4.78 is 0. The van der Waals surface area contributed by atoms with Gasteiger partial charge in [0.2, 0.25) is 0 Å². The monoisotopic (exact) mass is 245 g/mol. The number of hydrogen-bond donors (Lipinski definition) is 3. The van der Waals surface area contributed by atoms with Crippen LogP contribution in [0.1, 0.15) is 21.7 Å². The van der Waals surface area contributed by atoms with Gasteiger partial charge in [0.05, 0.1) is 0 Å². The van der Waals surface area contributed by atoms with Crippen molar-refractivity contribution in [3.05, 3.63) is 41.5 Å². The number of aryl methyl sites for hydroxylation is 1. The summed E-state index contributed by atoms with van der Waals surface area (Å²) in [6.45, 7) is 2.38. The maximum Gasteiger partial charge on any atom is 0.251 e. The van der Waals surface area contributed by atoms with Crippen LogP contribution in [0.3, 0.4) is 0 Å². The van der Waals surface area contributed by atoms with Crippen LogP contribution in [0.25, 0.3) is 0 Å². The van der Waals surface area contributed by atoms with Crippen molar-refractivity contribution in [1.29, 1.82) is 0 Å². The second-order valence-electron chi connectivity index (χ2n) is 4.01. The number of aromatic amines is 1. The SMILES string of the molecule is Cc1ccc(N)cc1C(=O)NCCc1ncn[nH]1. The Hall–Kier alpha value is -2.37. The summed E-state index contributed by atoms with van der Waals surface area (Å²) >= 11 is 0. The van der Waals surface area contributed by atoms with Gasteiger partial charge in [-0.1, -0.05) is 6.07 Å². The van der Waals surface area contributed by atoms with Crippen LogP contribution in [0.15, 0.2) is 24.5 Å². The fourth-order valence-corrected chi connectivity index (χ4v) is 1.63. The largest absolute Gasteiger partial charge is 0.399 e. The number of nitrogens with zero attached hydrogens (tertiary/aromatic N) is 2. The normalized spacial score (nSPS) is 10.3. The molecule has 0 aliphatic heterocycles. The highest BCUT2D eigenvalue weighted by molar-refractivity contribution is 5.96. The van der Waals surface area contributed by atoms with Gasteiger partial charge in [0.25, 0.3) is 5.91 Å². The zero-order valence-corrected chi connectivity index (χ0v) is 10.1. The summed E-state index contributed by atoms with van der Waals surface area (Å²) in [6.07, 6.45) is 2.06. The third-order valence-electron chi connectivity index (χ3n) is 2.62. The Kier molecular flexibility index (Phi) is 3.57. The van der Waals surface area contributed by atoms with Crippen molar-refractivity contribution in [3.8, 4) is 0 Å². The van der Waals surface area contributed by atoms with Crippen molar-refractivity contribution in [2.24, 2.45) is 0 Å². The molecule has 0 saturated heterocycles. The lowest BCUT2D eigenvalue weighted by Crippen LogP contribution is -2.26. The maximum atomic E-state index is 11.9. The van der Waals surface area contributed by atoms with E-state index in [0.717, 1.165) is 11.4 Å². The third-order valence-corrected chi connectivity index (χ3v) is 2.62. The fraction of sp³-hybridized carbons (Fsp3) is 0.250. The van der Waals surface area contributed by atoms with Crippen molar-refractivity contribution in [1.82, 2.24) is 20.5 Å². The van der Waals surface area contributed by atoms with Crippen molar-refractivity contribution in [2.75, 3.05) is 12.3 Å². The highest BCUT2D eigenvalue weighted by Crippen LogP contribution is 2.12. The highest BCUT2D eigenvalue weighted by atomic mass is 16.1. The van der Waals surface area contributed by atoms with Gasteiger partial charge >= 0.3 is 0 Å². The van der Waals surface area contributed by atoms with Crippen LogP contribution >= 0.6 is 0 Å². The minimum atomic E-state index is -0.126. The zero-order chi connectivity index (χ0) is 13.0. The van der Waals surface area contributed by atoms with E-state index in [1.54, 1.807) is 12.1 Å². The molecule has 0 radical (unpaired) electrons. The summed E-state index contributed by atoms with van der Waals surface area (Å²) in [5.74, 6) is 0.624. The molecule has 1 heterocycles. The molecule has 0 spiro atoms. The molecule has 6 heteroatoms. The number of carbonyl (C=O) groups excluding carboxylic acids is 1. The Bertz CT molecular complexity index is 535. The van der Waals surface area contributed by atoms with Crippen LogP contribution in [0.5, 0.6) is 0 Å². The van der Waals surface area contributed by atoms with Gasteiger partial charge in [-0.3, -0.25) is 9.89 Å². The number of H-pyrrole nitrogens is 1. The van der Waals surface area contributed by atoms with E-state index in [0.29, 0.717) is 24.2 Å². The lowest BCUT2D eigenvalue weighted by Gasteiger charge is -2.07. The predicted octanol–water partition coefficient (Wildman–Crippen LogP) is 0.668. The van der Waals surface area contributed by atoms with Gasteiger partial charge in [0.1, 0.15) is 12.2 Å². The van der Waals surface area contributed by atoms with E-state index in [-0.39, 0.29) is 5.91 Å². The lowest BCUT2D eigenvalue weighted by atomic mass is 10.1. The Morgan fingerprint density at radius 1 is 1.50 bits per heavy atom. The van der Waals surface area contributed by atoms with Gasteiger partial charge in [-0.05, 0) is 24.6 Å². The number of nitrogen functional groups attached to an aromatic ring is 1. The standard InChI is InChI=1S/C12H15N5O/c1-8-2-3-9(13)6-10(8)12(18)14-5-4-11-15-7-16-17-11/h2-3,6-7H,4-5,13H2,1H3,(H,14,18)(H,15,16,17). The number of amides is 1. The summed E-state index contributed by atoms with van der Waals surface area (Å²) in [4.78, 5) is 15.9. The van der Waals surface area contributed by atoms with Crippen molar-refractivity contribution in [2.45, 2.75) is 13.3 Å². The second-order valence-corrected chi connectivity index (χ2v) is 4.01. The molecule has 18 heavy (non-hydrogen) atoms. The smallest absolute Gasteiger partial charge is 0.251 e. The number of rotatable bonds is 4. The first-order chi connectivity index (χ1) is 8.66. The first kappa shape index (κ1) is 12.1. The molecule has 1 aromatic heterocycles. The Morgan fingerprint density at radius 3 is 3.06 bits per heavy atom. The second kappa shape index (κ2) is 5.31. The van der Waals surface area contributed by atoms with E-state index in [1.165, 1.54) is 6.33 Å². The number of nitrogens with two attached hydrogens (primary N) is 1. The molecule has 4 N–H and O–H groups in total. The van der Waals surface area contributed by atoms with Crippen LogP contribution in [0, 0.1) is 6.92 Å². The fourth-order valence-electron chi connectivity index (χ4n) is 1.63. The Morgan fingerprint density at radius 2 is 2.33 bits per heavy atom. The van der Waals surface area contributed by atoms with Gasteiger partial charge in [0, 0.05) is 24.2 Å². The molecule has 1 amide bonds. The van der Waals surface area contributed by atoms with E-state index in [1.807, 2.05) is 13.0 Å². The molecular formula is C12H15N5O. The third kappa shape index (κ3) is 2.85. The minimum absolute atomic E-state index is 0.126. The molecule has 0 bridgehead atoms. The van der Waals surface area contributed by atoms with E-state index in [2.05, 4.69) is 20.5 Å². The molecule has 0 saturated carbocycles. The first-order valence-corrected chi connectivity index (χ1v) is 5.65. The quantitative estimate of drug-likeness (QED) is 0.689. The van der Waals surface area contributed by atoms with Crippen molar-refractivity contribution >= 4 is 11.6 Å². The minimum Gasteiger partial charge on any atom is -0.399 e. The van der Waals surface area contributed by atoms with E-state index in [9.17, 15) is 4.79 Å². The van der Waals surface area contributed by atoms with Gasteiger partial charge in [0.15, 0.2) is 0 Å². The van der Waals surface area contributed by atoms with Crippen LogP contribution in [0.2, 0.25) is 0 Å². The number of nitrogens with one attached hydrogen (secondary N) is 2. The number of hydrogen-bond acceptors (Lipinski definition) is 4. The average molecular weight is 245 g/mol. The molecule has 94 valence electrons. The van der Waals surface area contributed by atoms with Crippen molar-refractivity contribution < 1.29 is 4.79 Å². The van der Waals surface area contributed by atoms with Gasteiger partial charge < -0.3 is 11.1 Å². The summed E-state index contributed by atoms with van der Waals surface area (Å²) in [6, 6.07) is 5.29. The van der Waals surface area contributed by atoms with Crippen LogP contribution in [-0.2, 0) is 6.42 Å². The summed E-state index contributed by atoms with van der Waals surface area (Å²) in [5, 5.41) is 9.30. The van der Waals surface area contributed by atoms with Gasteiger partial charge in [-0.15, -0.1) is 0 Å². The topological polar surface area (TPSA) is 96.7 Å². The van der Waals surface area contributed by atoms with Crippen LogP contribution in [-0.4, -0.2) is 27.6 Å². The zero-order valence-electron chi connectivity index (χ0n) is 10.1. The van der Waals surface area contributed by atoms with Crippen LogP contribution in [0.4, 0.5) is 5.69 Å². The predicted molar refractivity (Wildman–Crippen MR) is 68.0 cm³/mol. The molecular weight excluding hydrogens is 230 g/mol. The van der Waals surface area contributed by atoms with Crippen LogP contribution < -0.4 is 11.1 Å². The van der Waals surface area contributed by atoms with Crippen molar-refractivity contribution in [3.63, 3.8) is 0 Å². The number of carbonyl (C=O) groups is 1. The Balaban J connectivity index is 1.93. The van der Waals surface area contributed by atoms with Gasteiger partial charge in [-0.25, -0.2) is 4.98 Å². The molecule has 0 unspecified atom stereocenters. The molecule has 6 nitrogen and oxygen atoms in total. The number of anilines is 1. The molecule has 0 aliphatic rings. The molecule has 1 aromatic carbocycles. The Labute approximate surface area is 105 Å². The van der Waals surface area contributed by atoms with E-state index in [4.69, 9.17) is 5.73 Å². The summed E-state index contributed by atoms with van der Waals surface area (Å²) in [7, 11) is 0. The number of benzene rings is 1. The highest BCUT2D eigenvalue weighted by Gasteiger charge is 2.08. The average Bonchev–Trinajstić information content (AvgIpc) is 2.85. The maximum absolute atomic E-state index is 11.9. The molecule has 0 atom stereocenters. The first-order valence-electron chi connectivity index (χ1n) is 5.65. The van der Waals surface area contributed by atoms with Gasteiger partial charge in [-0.2, -0.15) is 5.10 Å². The molecule has 2 aromatic rings. The molecule has 2 rings (SSSR count). The summed E-state index contributed by atoms with van der Waals surface area (Å²) in [5.41, 5.74) is 7.76.